The van der Waals surface area contributed by atoms with Crippen LogP contribution in [0.15, 0.2) is 24.3 Å². The third-order valence-corrected chi connectivity index (χ3v) is 4.32. The van der Waals surface area contributed by atoms with Crippen LogP contribution in [0.5, 0.6) is 0 Å². The highest BCUT2D eigenvalue weighted by atomic mass is 35.5. The Balaban J connectivity index is 0.00000288. The van der Waals surface area contributed by atoms with Gasteiger partial charge in [-0.1, -0.05) is 19.1 Å². The average molecular weight is 357 g/mol. The minimum Gasteiger partial charge on any atom is -0.356 e. The number of carbonyl (C=O) groups is 2. The molecule has 1 heterocycles. The van der Waals surface area contributed by atoms with E-state index in [1.807, 2.05) is 0 Å². The minimum absolute atomic E-state index is 0. The molecule has 0 spiro atoms. The van der Waals surface area contributed by atoms with Gasteiger partial charge in [-0.3, -0.25) is 9.59 Å². The summed E-state index contributed by atoms with van der Waals surface area (Å²) in [4.78, 5) is 24.1. The number of benzene rings is 1. The zero-order chi connectivity index (χ0) is 16.7. The highest BCUT2D eigenvalue weighted by Gasteiger charge is 2.19. The van der Waals surface area contributed by atoms with Crippen molar-refractivity contribution >= 4 is 24.1 Å². The van der Waals surface area contributed by atoms with E-state index in [0.717, 1.165) is 19.5 Å². The lowest BCUT2D eigenvalue weighted by molar-refractivity contribution is -0.121. The van der Waals surface area contributed by atoms with Crippen molar-refractivity contribution < 1.29 is 14.0 Å². The van der Waals surface area contributed by atoms with Crippen molar-refractivity contribution in [3.8, 4) is 0 Å². The molecule has 4 nitrogen and oxygen atoms in total. The highest BCUT2D eigenvalue weighted by molar-refractivity contribution is 5.99. The van der Waals surface area contributed by atoms with E-state index in [4.69, 9.17) is 0 Å². The summed E-state index contributed by atoms with van der Waals surface area (Å²) in [5.74, 6) is -0.584. The van der Waals surface area contributed by atoms with E-state index in [9.17, 15) is 14.0 Å². The van der Waals surface area contributed by atoms with Gasteiger partial charge in [-0.25, -0.2) is 4.39 Å². The average Bonchev–Trinajstić information content (AvgIpc) is 2.55. The third kappa shape index (κ3) is 6.57. The molecule has 0 aromatic heterocycles. The Kier molecular flexibility index (Phi) is 8.93. The maximum Gasteiger partial charge on any atom is 0.220 e. The number of Topliss-reactive ketones (excluding diaryl/α,β-unsaturated/α-hetero) is 1. The molecule has 1 fully saturated rings. The van der Waals surface area contributed by atoms with Crippen LogP contribution in [-0.4, -0.2) is 31.3 Å². The Morgan fingerprint density at radius 3 is 2.88 bits per heavy atom. The third-order valence-electron chi connectivity index (χ3n) is 4.32. The molecule has 0 bridgehead atoms. The van der Waals surface area contributed by atoms with Gasteiger partial charge in [0.15, 0.2) is 5.78 Å². The summed E-state index contributed by atoms with van der Waals surface area (Å²) in [6.07, 6.45) is 3.50. The largest absolute Gasteiger partial charge is 0.356 e. The molecule has 0 radical (unpaired) electrons. The van der Waals surface area contributed by atoms with E-state index in [1.165, 1.54) is 31.0 Å². The molecule has 1 saturated heterocycles. The predicted octanol–water partition coefficient (Wildman–Crippen LogP) is 2.96. The molecule has 24 heavy (non-hydrogen) atoms. The zero-order valence-electron chi connectivity index (χ0n) is 14.0. The van der Waals surface area contributed by atoms with Crippen molar-refractivity contribution in [1.82, 2.24) is 10.6 Å². The van der Waals surface area contributed by atoms with E-state index in [1.54, 1.807) is 13.0 Å². The Hall–Kier alpha value is -1.46. The highest BCUT2D eigenvalue weighted by Crippen LogP contribution is 2.15. The van der Waals surface area contributed by atoms with Gasteiger partial charge >= 0.3 is 0 Å². The second-order valence-electron chi connectivity index (χ2n) is 6.33. The summed E-state index contributed by atoms with van der Waals surface area (Å²) < 4.78 is 13.2. The molecule has 0 aliphatic carbocycles. The summed E-state index contributed by atoms with van der Waals surface area (Å²) >= 11 is 0. The van der Waals surface area contributed by atoms with Crippen LogP contribution in [0, 0.1) is 17.7 Å². The first-order valence-corrected chi connectivity index (χ1v) is 8.33. The maximum absolute atomic E-state index is 13.2. The summed E-state index contributed by atoms with van der Waals surface area (Å²) in [6, 6.07) is 5.60. The standard InChI is InChI=1S/C18H25FN2O2.ClH/c1-13(18(23)15-5-2-6-16(19)11-15)10-17(22)21-9-7-14-4-3-8-20-12-14;/h2,5-6,11,13-14,20H,3-4,7-10,12H2,1H3,(H,21,22);1H. The summed E-state index contributed by atoms with van der Waals surface area (Å²) in [5, 5.41) is 6.24. The van der Waals surface area contributed by atoms with Gasteiger partial charge in [0.25, 0.3) is 0 Å². The van der Waals surface area contributed by atoms with Crippen molar-refractivity contribution in [2.45, 2.75) is 32.6 Å². The van der Waals surface area contributed by atoms with Crippen LogP contribution in [0.3, 0.4) is 0 Å². The quantitative estimate of drug-likeness (QED) is 0.738. The molecule has 1 amide bonds. The van der Waals surface area contributed by atoms with Crippen LogP contribution in [-0.2, 0) is 4.79 Å². The van der Waals surface area contributed by atoms with Gasteiger partial charge in [0, 0.05) is 24.4 Å². The SMILES string of the molecule is CC(CC(=O)NCCC1CCCNC1)C(=O)c1cccc(F)c1.Cl. The van der Waals surface area contributed by atoms with Crippen LogP contribution in [0.4, 0.5) is 4.39 Å². The van der Waals surface area contributed by atoms with Gasteiger partial charge in [-0.2, -0.15) is 0 Å². The molecule has 134 valence electrons. The van der Waals surface area contributed by atoms with E-state index >= 15 is 0 Å². The van der Waals surface area contributed by atoms with E-state index in [2.05, 4.69) is 10.6 Å². The molecular formula is C18H26ClFN2O2. The molecule has 2 rings (SSSR count). The Bertz CT molecular complexity index is 548. The van der Waals surface area contributed by atoms with Crippen LogP contribution in [0.1, 0.15) is 43.0 Å². The van der Waals surface area contributed by atoms with Gasteiger partial charge in [-0.05, 0) is 50.4 Å². The fourth-order valence-corrected chi connectivity index (χ4v) is 2.96. The molecule has 6 heteroatoms. The molecule has 1 aliphatic heterocycles. The van der Waals surface area contributed by atoms with Crippen molar-refractivity contribution in [2.75, 3.05) is 19.6 Å². The Labute approximate surface area is 149 Å². The number of ketones is 1. The van der Waals surface area contributed by atoms with Crippen LogP contribution < -0.4 is 10.6 Å². The van der Waals surface area contributed by atoms with Gasteiger partial charge in [0.2, 0.25) is 5.91 Å². The second kappa shape index (κ2) is 10.4. The molecule has 1 aromatic rings. The smallest absolute Gasteiger partial charge is 0.220 e. The van der Waals surface area contributed by atoms with Crippen molar-refractivity contribution in [3.05, 3.63) is 35.6 Å². The van der Waals surface area contributed by atoms with Crippen LogP contribution in [0.25, 0.3) is 0 Å². The summed E-state index contributed by atoms with van der Waals surface area (Å²) in [7, 11) is 0. The van der Waals surface area contributed by atoms with Gasteiger partial charge < -0.3 is 10.6 Å². The Morgan fingerprint density at radius 1 is 1.42 bits per heavy atom. The van der Waals surface area contributed by atoms with Gasteiger partial charge in [-0.15, -0.1) is 12.4 Å². The van der Waals surface area contributed by atoms with E-state index in [-0.39, 0.29) is 30.5 Å². The lowest BCUT2D eigenvalue weighted by Gasteiger charge is -2.22. The second-order valence-corrected chi connectivity index (χ2v) is 6.33. The fourth-order valence-electron chi connectivity index (χ4n) is 2.96. The van der Waals surface area contributed by atoms with Crippen molar-refractivity contribution in [1.29, 1.82) is 0 Å². The molecule has 2 unspecified atom stereocenters. The number of hydrogen-bond donors (Lipinski definition) is 2. The molecule has 2 atom stereocenters. The summed E-state index contributed by atoms with van der Waals surface area (Å²) in [6.45, 7) is 4.46. The molecule has 2 N–H and O–H groups in total. The minimum atomic E-state index is -0.451. The van der Waals surface area contributed by atoms with E-state index in [0.29, 0.717) is 18.0 Å². The first kappa shape index (κ1) is 20.6. The molecule has 1 aromatic carbocycles. The number of hydrogen-bond acceptors (Lipinski definition) is 3. The first-order chi connectivity index (χ1) is 11.1. The molecular weight excluding hydrogens is 331 g/mol. The normalized spacial score (nSPS) is 18.3. The van der Waals surface area contributed by atoms with Crippen LogP contribution >= 0.6 is 12.4 Å². The summed E-state index contributed by atoms with van der Waals surface area (Å²) in [5.41, 5.74) is 0.318. The number of piperidine rings is 1. The number of halogens is 2. The number of rotatable bonds is 7. The number of amides is 1. The van der Waals surface area contributed by atoms with Crippen LogP contribution in [0.2, 0.25) is 0 Å². The topological polar surface area (TPSA) is 58.2 Å². The molecule has 1 aliphatic rings. The number of carbonyl (C=O) groups excluding carboxylic acids is 2. The molecule has 0 saturated carbocycles. The fraction of sp³-hybridized carbons (Fsp3) is 0.556. The van der Waals surface area contributed by atoms with Crippen molar-refractivity contribution in [2.24, 2.45) is 11.8 Å². The zero-order valence-corrected chi connectivity index (χ0v) is 14.8. The van der Waals surface area contributed by atoms with Gasteiger partial charge in [0.1, 0.15) is 5.82 Å². The monoisotopic (exact) mass is 356 g/mol. The predicted molar refractivity (Wildman–Crippen MR) is 95.0 cm³/mol. The lowest BCUT2D eigenvalue weighted by atomic mass is 9.95. The maximum atomic E-state index is 13.2. The van der Waals surface area contributed by atoms with Crippen molar-refractivity contribution in [3.63, 3.8) is 0 Å². The Morgan fingerprint density at radius 2 is 2.21 bits per heavy atom. The number of nitrogens with one attached hydrogen (secondary N) is 2. The van der Waals surface area contributed by atoms with Gasteiger partial charge in [0.05, 0.1) is 0 Å². The lowest BCUT2D eigenvalue weighted by Crippen LogP contribution is -2.33. The van der Waals surface area contributed by atoms with E-state index < -0.39 is 11.7 Å². The first-order valence-electron chi connectivity index (χ1n) is 8.33.